The SMILES string of the molecule is CC1CCCCC1OCC1(CS(N)(=O)=O)CCCCCC1. The van der Waals surface area contributed by atoms with E-state index in [1.54, 1.807) is 0 Å². The zero-order chi connectivity index (χ0) is 15.3. The number of nitrogens with two attached hydrogens (primary N) is 1. The molecule has 2 rings (SSSR count). The van der Waals surface area contributed by atoms with Crippen LogP contribution in [0.1, 0.15) is 71.1 Å². The van der Waals surface area contributed by atoms with Gasteiger partial charge in [0, 0.05) is 5.41 Å². The summed E-state index contributed by atoms with van der Waals surface area (Å²) in [6.45, 7) is 2.82. The van der Waals surface area contributed by atoms with E-state index in [9.17, 15) is 8.42 Å². The second-order valence-electron chi connectivity index (χ2n) is 7.33. The van der Waals surface area contributed by atoms with Crippen molar-refractivity contribution < 1.29 is 13.2 Å². The van der Waals surface area contributed by atoms with Crippen LogP contribution in [0.15, 0.2) is 0 Å². The largest absolute Gasteiger partial charge is 0.377 e. The van der Waals surface area contributed by atoms with Gasteiger partial charge in [0.2, 0.25) is 10.0 Å². The van der Waals surface area contributed by atoms with Crippen molar-refractivity contribution in [3.8, 4) is 0 Å². The van der Waals surface area contributed by atoms with Crippen LogP contribution < -0.4 is 5.14 Å². The molecule has 2 fully saturated rings. The Bertz CT molecular complexity index is 413. The monoisotopic (exact) mass is 317 g/mol. The third-order valence-corrected chi connectivity index (χ3v) is 6.32. The van der Waals surface area contributed by atoms with Gasteiger partial charge in [0.25, 0.3) is 0 Å². The average Bonchev–Trinajstić information content (AvgIpc) is 2.62. The minimum atomic E-state index is -3.44. The molecule has 2 N–H and O–H groups in total. The van der Waals surface area contributed by atoms with Gasteiger partial charge in [-0.2, -0.15) is 0 Å². The highest BCUT2D eigenvalue weighted by Crippen LogP contribution is 2.38. The summed E-state index contributed by atoms with van der Waals surface area (Å²) in [7, 11) is -3.44. The Hall–Kier alpha value is -0.130. The van der Waals surface area contributed by atoms with E-state index in [-0.39, 0.29) is 11.2 Å². The van der Waals surface area contributed by atoms with Gasteiger partial charge in [-0.25, -0.2) is 13.6 Å². The topological polar surface area (TPSA) is 69.4 Å². The van der Waals surface area contributed by atoms with Crippen molar-refractivity contribution in [2.75, 3.05) is 12.4 Å². The Labute approximate surface area is 129 Å². The van der Waals surface area contributed by atoms with E-state index in [0.29, 0.717) is 18.6 Å². The van der Waals surface area contributed by atoms with Crippen molar-refractivity contribution in [1.82, 2.24) is 0 Å². The molecule has 0 spiro atoms. The molecule has 21 heavy (non-hydrogen) atoms. The van der Waals surface area contributed by atoms with Crippen molar-refractivity contribution in [3.05, 3.63) is 0 Å². The summed E-state index contributed by atoms with van der Waals surface area (Å²) in [6, 6.07) is 0. The summed E-state index contributed by atoms with van der Waals surface area (Å²) in [4.78, 5) is 0. The normalized spacial score (nSPS) is 30.8. The molecule has 0 aliphatic heterocycles. The van der Waals surface area contributed by atoms with Crippen LogP contribution in [0.3, 0.4) is 0 Å². The fourth-order valence-electron chi connectivity index (χ4n) is 4.05. The number of hydrogen-bond acceptors (Lipinski definition) is 3. The quantitative estimate of drug-likeness (QED) is 0.792. The van der Waals surface area contributed by atoms with Gasteiger partial charge in [0.1, 0.15) is 0 Å². The first-order valence-electron chi connectivity index (χ1n) is 8.52. The zero-order valence-electron chi connectivity index (χ0n) is 13.4. The van der Waals surface area contributed by atoms with Crippen LogP contribution in [0.5, 0.6) is 0 Å². The summed E-state index contributed by atoms with van der Waals surface area (Å²) in [5.41, 5.74) is -0.249. The van der Waals surface area contributed by atoms with Crippen molar-refractivity contribution in [2.24, 2.45) is 16.5 Å². The molecular weight excluding hydrogens is 286 g/mol. The maximum Gasteiger partial charge on any atom is 0.209 e. The van der Waals surface area contributed by atoms with Crippen molar-refractivity contribution in [2.45, 2.75) is 77.2 Å². The number of sulfonamides is 1. The molecule has 0 heterocycles. The standard InChI is InChI=1S/C16H31NO3S/c1-14-8-4-5-9-15(14)20-12-16(13-21(17,18)19)10-6-2-3-7-11-16/h14-15H,2-13H2,1H3,(H2,17,18,19). The lowest BCUT2D eigenvalue weighted by molar-refractivity contribution is -0.0475. The molecule has 0 aromatic rings. The molecule has 4 nitrogen and oxygen atoms in total. The van der Waals surface area contributed by atoms with E-state index in [2.05, 4.69) is 6.92 Å². The molecule has 0 saturated heterocycles. The smallest absolute Gasteiger partial charge is 0.209 e. The Kier molecular flexibility index (Phi) is 6.09. The predicted molar refractivity (Wildman–Crippen MR) is 85.5 cm³/mol. The van der Waals surface area contributed by atoms with Gasteiger partial charge in [0.05, 0.1) is 18.5 Å². The lowest BCUT2D eigenvalue weighted by Gasteiger charge is -2.36. The van der Waals surface area contributed by atoms with Crippen LogP contribution in [0.2, 0.25) is 0 Å². The van der Waals surface area contributed by atoms with Crippen LogP contribution in [0, 0.1) is 11.3 Å². The highest BCUT2D eigenvalue weighted by Gasteiger charge is 2.36. The number of hydrogen-bond donors (Lipinski definition) is 1. The average molecular weight is 317 g/mol. The first kappa shape index (κ1) is 17.2. The minimum absolute atomic E-state index is 0.0844. The zero-order valence-corrected chi connectivity index (χ0v) is 14.2. The van der Waals surface area contributed by atoms with E-state index < -0.39 is 10.0 Å². The van der Waals surface area contributed by atoms with Gasteiger partial charge in [-0.05, 0) is 31.6 Å². The Morgan fingerprint density at radius 3 is 2.24 bits per heavy atom. The molecule has 124 valence electrons. The third kappa shape index (κ3) is 5.53. The van der Waals surface area contributed by atoms with Gasteiger partial charge in [-0.3, -0.25) is 0 Å². The molecule has 2 aliphatic carbocycles. The lowest BCUT2D eigenvalue weighted by atomic mass is 9.82. The second-order valence-corrected chi connectivity index (χ2v) is 8.95. The van der Waals surface area contributed by atoms with Gasteiger partial charge in [0.15, 0.2) is 0 Å². The Balaban J connectivity index is 2.00. The third-order valence-electron chi connectivity index (χ3n) is 5.31. The minimum Gasteiger partial charge on any atom is -0.377 e. The first-order chi connectivity index (χ1) is 9.90. The van der Waals surface area contributed by atoms with Crippen LogP contribution in [0.25, 0.3) is 0 Å². The van der Waals surface area contributed by atoms with Gasteiger partial charge >= 0.3 is 0 Å². The maximum absolute atomic E-state index is 11.7. The number of rotatable bonds is 5. The molecule has 2 aliphatic rings. The molecule has 2 saturated carbocycles. The highest BCUT2D eigenvalue weighted by molar-refractivity contribution is 7.89. The summed E-state index contributed by atoms with van der Waals surface area (Å²) in [5.74, 6) is 0.678. The summed E-state index contributed by atoms with van der Waals surface area (Å²) >= 11 is 0. The molecule has 2 atom stereocenters. The molecule has 5 heteroatoms. The van der Waals surface area contributed by atoms with Crippen LogP contribution in [-0.4, -0.2) is 26.9 Å². The molecule has 0 aromatic heterocycles. The van der Waals surface area contributed by atoms with Crippen molar-refractivity contribution >= 4 is 10.0 Å². The van der Waals surface area contributed by atoms with Gasteiger partial charge in [-0.1, -0.05) is 45.4 Å². The fraction of sp³-hybridized carbons (Fsp3) is 1.00. The van der Waals surface area contributed by atoms with E-state index in [1.165, 1.54) is 32.1 Å². The van der Waals surface area contributed by atoms with E-state index in [4.69, 9.17) is 9.88 Å². The molecule has 0 amide bonds. The van der Waals surface area contributed by atoms with E-state index in [1.807, 2.05) is 0 Å². The molecule has 0 aromatic carbocycles. The van der Waals surface area contributed by atoms with E-state index in [0.717, 1.165) is 32.1 Å². The predicted octanol–water partition coefficient (Wildman–Crippen LogP) is 3.21. The van der Waals surface area contributed by atoms with E-state index >= 15 is 0 Å². The molecule has 0 radical (unpaired) electrons. The maximum atomic E-state index is 11.7. The second kappa shape index (κ2) is 7.42. The fourth-order valence-corrected chi connectivity index (χ4v) is 5.27. The van der Waals surface area contributed by atoms with Crippen LogP contribution >= 0.6 is 0 Å². The number of primary sulfonamides is 1. The summed E-state index contributed by atoms with van der Waals surface area (Å²) in [6.07, 6.45) is 11.6. The van der Waals surface area contributed by atoms with Crippen LogP contribution in [0.4, 0.5) is 0 Å². The highest BCUT2D eigenvalue weighted by atomic mass is 32.2. The molecule has 2 unspecified atom stereocenters. The summed E-state index contributed by atoms with van der Waals surface area (Å²) in [5, 5.41) is 5.36. The Morgan fingerprint density at radius 1 is 1.05 bits per heavy atom. The molecule has 0 bridgehead atoms. The molecular formula is C16H31NO3S. The van der Waals surface area contributed by atoms with Gasteiger partial charge in [-0.15, -0.1) is 0 Å². The van der Waals surface area contributed by atoms with Crippen molar-refractivity contribution in [1.29, 1.82) is 0 Å². The lowest BCUT2D eigenvalue weighted by Crippen LogP contribution is -2.39. The number of ether oxygens (including phenoxy) is 1. The van der Waals surface area contributed by atoms with Crippen LogP contribution in [-0.2, 0) is 14.8 Å². The summed E-state index contributed by atoms with van der Waals surface area (Å²) < 4.78 is 29.5. The van der Waals surface area contributed by atoms with Crippen molar-refractivity contribution in [3.63, 3.8) is 0 Å². The first-order valence-corrected chi connectivity index (χ1v) is 10.2. The van der Waals surface area contributed by atoms with Gasteiger partial charge < -0.3 is 4.74 Å². The Morgan fingerprint density at radius 2 is 1.67 bits per heavy atom.